The molecule has 0 aromatic carbocycles. The van der Waals surface area contributed by atoms with Crippen molar-refractivity contribution in [3.8, 4) is 0 Å². The molecule has 2 fully saturated rings. The molecule has 0 spiro atoms. The highest BCUT2D eigenvalue weighted by Gasteiger charge is 2.44. The smallest absolute Gasteiger partial charge is 0.159 e. The first-order chi connectivity index (χ1) is 6.72. The molecule has 4 atom stereocenters. The van der Waals surface area contributed by atoms with E-state index in [-0.39, 0.29) is 18.1 Å². The molecule has 3 N–H and O–H groups in total. The zero-order chi connectivity index (χ0) is 10.1. The Morgan fingerprint density at radius 2 is 2.43 bits per heavy atom. The summed E-state index contributed by atoms with van der Waals surface area (Å²) in [6, 6.07) is -0.242. The van der Waals surface area contributed by atoms with Gasteiger partial charge in [-0.1, -0.05) is 11.8 Å². The largest absolute Gasteiger partial charge is 0.388 e. The maximum atomic E-state index is 9.67. The lowest BCUT2D eigenvalue weighted by atomic mass is 10.0. The number of nitrogens with one attached hydrogen (secondary N) is 1. The van der Waals surface area contributed by atoms with Gasteiger partial charge in [-0.3, -0.25) is 4.99 Å². The summed E-state index contributed by atoms with van der Waals surface area (Å²) in [5, 5.41) is 22.9. The average molecular weight is 218 g/mol. The van der Waals surface area contributed by atoms with E-state index in [1.807, 2.05) is 6.92 Å². The SMILES string of the molecule is CCN=C1NC2C(OCC(O)C2O)S1. The first kappa shape index (κ1) is 10.2. The Labute approximate surface area is 86.6 Å². The lowest BCUT2D eigenvalue weighted by molar-refractivity contribution is -0.109. The molecule has 5 nitrogen and oxygen atoms in total. The van der Waals surface area contributed by atoms with E-state index in [0.717, 1.165) is 5.17 Å². The van der Waals surface area contributed by atoms with Gasteiger partial charge in [0, 0.05) is 6.54 Å². The Morgan fingerprint density at radius 1 is 1.64 bits per heavy atom. The van der Waals surface area contributed by atoms with Crippen molar-refractivity contribution >= 4 is 16.9 Å². The van der Waals surface area contributed by atoms with Crippen molar-refractivity contribution in [2.24, 2.45) is 4.99 Å². The van der Waals surface area contributed by atoms with Gasteiger partial charge in [-0.2, -0.15) is 0 Å². The van der Waals surface area contributed by atoms with Gasteiger partial charge in [-0.15, -0.1) is 0 Å². The summed E-state index contributed by atoms with van der Waals surface area (Å²) < 4.78 is 5.37. The third-order valence-corrected chi connectivity index (χ3v) is 3.44. The van der Waals surface area contributed by atoms with Crippen LogP contribution in [-0.2, 0) is 4.74 Å². The Hall–Kier alpha value is -0.300. The molecule has 80 valence electrons. The number of amidine groups is 1. The van der Waals surface area contributed by atoms with Gasteiger partial charge in [0.15, 0.2) is 5.17 Å². The summed E-state index contributed by atoms with van der Waals surface area (Å²) >= 11 is 1.47. The van der Waals surface area contributed by atoms with Crippen molar-refractivity contribution in [1.82, 2.24) is 5.32 Å². The van der Waals surface area contributed by atoms with Crippen LogP contribution in [0, 0.1) is 0 Å². The van der Waals surface area contributed by atoms with Gasteiger partial charge in [0.25, 0.3) is 0 Å². The fourth-order valence-corrected chi connectivity index (χ4v) is 2.72. The molecule has 4 unspecified atom stereocenters. The van der Waals surface area contributed by atoms with Crippen LogP contribution in [0.15, 0.2) is 4.99 Å². The minimum atomic E-state index is -0.801. The second-order valence-electron chi connectivity index (χ2n) is 3.33. The molecule has 0 radical (unpaired) electrons. The summed E-state index contributed by atoms with van der Waals surface area (Å²) in [5.74, 6) is 0. The molecule has 2 rings (SSSR count). The molecule has 2 aliphatic heterocycles. The molecular formula is C8H14N2O3S. The molecule has 2 saturated heterocycles. The zero-order valence-corrected chi connectivity index (χ0v) is 8.70. The first-order valence-electron chi connectivity index (χ1n) is 4.67. The third kappa shape index (κ3) is 1.75. The van der Waals surface area contributed by atoms with Gasteiger partial charge in [0.1, 0.15) is 17.6 Å². The summed E-state index contributed by atoms with van der Waals surface area (Å²) in [6.45, 7) is 2.84. The number of hydrogen-bond donors (Lipinski definition) is 3. The van der Waals surface area contributed by atoms with E-state index in [9.17, 15) is 10.2 Å². The van der Waals surface area contributed by atoms with Crippen molar-refractivity contribution in [3.63, 3.8) is 0 Å². The maximum absolute atomic E-state index is 9.67. The van der Waals surface area contributed by atoms with Gasteiger partial charge in [-0.25, -0.2) is 0 Å². The van der Waals surface area contributed by atoms with Crippen molar-refractivity contribution in [2.45, 2.75) is 30.6 Å². The highest BCUT2D eigenvalue weighted by molar-refractivity contribution is 8.14. The summed E-state index contributed by atoms with van der Waals surface area (Å²) in [6.07, 6.45) is -1.57. The van der Waals surface area contributed by atoms with Crippen LogP contribution in [0.3, 0.4) is 0 Å². The van der Waals surface area contributed by atoms with Gasteiger partial charge < -0.3 is 20.3 Å². The molecule has 2 heterocycles. The quantitative estimate of drug-likeness (QED) is 0.534. The number of aliphatic imine (C=N–C) groups is 1. The van der Waals surface area contributed by atoms with Gasteiger partial charge in [0.05, 0.1) is 12.6 Å². The van der Waals surface area contributed by atoms with Crippen LogP contribution in [0.5, 0.6) is 0 Å². The molecule has 0 saturated carbocycles. The number of fused-ring (bicyclic) bond motifs is 1. The van der Waals surface area contributed by atoms with E-state index in [4.69, 9.17) is 4.74 Å². The van der Waals surface area contributed by atoms with Gasteiger partial charge in [-0.05, 0) is 6.92 Å². The average Bonchev–Trinajstić information content (AvgIpc) is 2.56. The van der Waals surface area contributed by atoms with Crippen molar-refractivity contribution in [2.75, 3.05) is 13.2 Å². The van der Waals surface area contributed by atoms with Crippen LogP contribution < -0.4 is 5.32 Å². The predicted octanol–water partition coefficient (Wildman–Crippen LogP) is -0.855. The minimum Gasteiger partial charge on any atom is -0.388 e. The Kier molecular flexibility index (Phi) is 2.96. The van der Waals surface area contributed by atoms with E-state index in [1.165, 1.54) is 11.8 Å². The monoisotopic (exact) mass is 218 g/mol. The number of hydrogen-bond acceptors (Lipinski definition) is 5. The van der Waals surface area contributed by atoms with Gasteiger partial charge in [0.2, 0.25) is 0 Å². The van der Waals surface area contributed by atoms with Crippen LogP contribution in [-0.4, -0.2) is 52.2 Å². The fraction of sp³-hybridized carbons (Fsp3) is 0.875. The van der Waals surface area contributed by atoms with Crippen LogP contribution in [0.25, 0.3) is 0 Å². The Balaban J connectivity index is 2.06. The second-order valence-corrected chi connectivity index (χ2v) is 4.41. The first-order valence-corrected chi connectivity index (χ1v) is 5.55. The lowest BCUT2D eigenvalue weighted by Crippen LogP contribution is -2.54. The van der Waals surface area contributed by atoms with E-state index in [2.05, 4.69) is 10.3 Å². The summed E-state index contributed by atoms with van der Waals surface area (Å²) in [5.41, 5.74) is -0.126. The van der Waals surface area contributed by atoms with Crippen molar-refractivity contribution < 1.29 is 14.9 Å². The summed E-state index contributed by atoms with van der Waals surface area (Å²) in [4.78, 5) is 4.20. The molecule has 0 aromatic rings. The predicted molar refractivity (Wildman–Crippen MR) is 54.2 cm³/mol. The molecular weight excluding hydrogens is 204 g/mol. The van der Waals surface area contributed by atoms with Crippen LogP contribution in [0.1, 0.15) is 6.92 Å². The Bertz CT molecular complexity index is 249. The lowest BCUT2D eigenvalue weighted by Gasteiger charge is -2.32. The van der Waals surface area contributed by atoms with Crippen LogP contribution >= 0.6 is 11.8 Å². The topological polar surface area (TPSA) is 74.1 Å². The molecule has 0 amide bonds. The molecule has 0 aliphatic carbocycles. The minimum absolute atomic E-state index is 0.126. The van der Waals surface area contributed by atoms with E-state index in [1.54, 1.807) is 0 Å². The molecule has 0 bridgehead atoms. The maximum Gasteiger partial charge on any atom is 0.159 e. The third-order valence-electron chi connectivity index (χ3n) is 2.31. The second kappa shape index (κ2) is 4.06. The number of thioether (sulfide) groups is 1. The van der Waals surface area contributed by atoms with E-state index in [0.29, 0.717) is 6.54 Å². The van der Waals surface area contributed by atoms with Crippen molar-refractivity contribution in [1.29, 1.82) is 0 Å². The van der Waals surface area contributed by atoms with Crippen LogP contribution in [0.2, 0.25) is 0 Å². The number of aliphatic hydroxyl groups is 2. The molecule has 6 heteroatoms. The number of aliphatic hydroxyl groups excluding tert-OH is 2. The highest BCUT2D eigenvalue weighted by Crippen LogP contribution is 2.30. The zero-order valence-electron chi connectivity index (χ0n) is 7.88. The van der Waals surface area contributed by atoms with Gasteiger partial charge >= 0.3 is 0 Å². The normalized spacial score (nSPS) is 44.9. The van der Waals surface area contributed by atoms with Crippen LogP contribution in [0.4, 0.5) is 0 Å². The highest BCUT2D eigenvalue weighted by atomic mass is 32.2. The number of rotatable bonds is 1. The fourth-order valence-electron chi connectivity index (χ4n) is 1.57. The standard InChI is InChI=1S/C8H14N2O3S/c1-2-9-8-10-5-6(12)4(11)3-13-7(5)14-8/h4-7,11-12H,2-3H2,1H3,(H,9,10). The van der Waals surface area contributed by atoms with E-state index >= 15 is 0 Å². The summed E-state index contributed by atoms with van der Waals surface area (Å²) in [7, 11) is 0. The molecule has 0 aromatic heterocycles. The number of ether oxygens (including phenoxy) is 1. The molecule has 14 heavy (non-hydrogen) atoms. The van der Waals surface area contributed by atoms with E-state index < -0.39 is 12.2 Å². The van der Waals surface area contributed by atoms with Crippen molar-refractivity contribution in [3.05, 3.63) is 0 Å². The Morgan fingerprint density at radius 3 is 3.14 bits per heavy atom. The number of nitrogens with zero attached hydrogens (tertiary/aromatic N) is 1. The molecule has 2 aliphatic rings.